The van der Waals surface area contributed by atoms with E-state index >= 15 is 0 Å². The van der Waals surface area contributed by atoms with Crippen molar-refractivity contribution in [3.05, 3.63) is 29.3 Å². The summed E-state index contributed by atoms with van der Waals surface area (Å²) in [6.45, 7) is -2.17. The molecule has 2 nitrogen and oxygen atoms in total. The molecule has 0 saturated carbocycles. The second kappa shape index (κ2) is 5.85. The summed E-state index contributed by atoms with van der Waals surface area (Å²) < 4.78 is 66.0. The molecule has 8 heteroatoms. The maximum Gasteiger partial charge on any atom is 0.419 e. The van der Waals surface area contributed by atoms with Crippen molar-refractivity contribution in [2.24, 2.45) is 0 Å². The number of ketones is 1. The Balaban J connectivity index is 3.27. The predicted molar refractivity (Wildman–Crippen MR) is 60.4 cm³/mol. The largest absolute Gasteiger partial charge is 0.434 e. The molecule has 1 aromatic carbocycles. The lowest BCUT2D eigenvalue weighted by atomic mass is 10.0. The zero-order chi connectivity index (χ0) is 14.8. The van der Waals surface area contributed by atoms with E-state index in [4.69, 9.17) is 0 Å². The van der Waals surface area contributed by atoms with Crippen LogP contribution in [0.15, 0.2) is 18.2 Å². The molecule has 0 saturated heterocycles. The van der Waals surface area contributed by atoms with Gasteiger partial charge in [0, 0.05) is 0 Å². The normalized spacial score (nSPS) is 13.5. The van der Waals surface area contributed by atoms with E-state index in [-0.39, 0.29) is 5.56 Å². The highest BCUT2D eigenvalue weighted by Gasteiger charge is 2.36. The minimum Gasteiger partial charge on any atom is -0.434 e. The number of carbonyl (C=O) groups is 1. The first-order chi connectivity index (χ1) is 8.62. The van der Waals surface area contributed by atoms with Gasteiger partial charge in [0.2, 0.25) is 0 Å². The topological polar surface area (TPSA) is 26.3 Å². The molecule has 0 aliphatic carbocycles. The number of Topliss-reactive ketones (excluding diaryl/α,β-unsaturated/α-hetero) is 1. The van der Waals surface area contributed by atoms with E-state index in [1.165, 1.54) is 6.92 Å². The van der Waals surface area contributed by atoms with Crippen LogP contribution in [0.25, 0.3) is 0 Å². The predicted octanol–water partition coefficient (Wildman–Crippen LogP) is 4.33. The third-order valence-corrected chi connectivity index (χ3v) is 3.35. The second-order valence-electron chi connectivity index (χ2n) is 3.61. The maximum absolute atomic E-state index is 12.7. The van der Waals surface area contributed by atoms with Crippen LogP contribution in [0, 0.1) is 0 Å². The molecular weight excluding hydrogens is 339 g/mol. The zero-order valence-corrected chi connectivity index (χ0v) is 11.1. The molecule has 19 heavy (non-hydrogen) atoms. The van der Waals surface area contributed by atoms with Crippen LogP contribution in [-0.2, 0) is 11.0 Å². The summed E-state index contributed by atoms with van der Waals surface area (Å²) in [5.41, 5.74) is -1.34. The lowest BCUT2D eigenvalue weighted by molar-refractivity contribution is -0.142. The molecule has 0 aliphatic heterocycles. The van der Waals surface area contributed by atoms with Crippen molar-refractivity contribution in [1.82, 2.24) is 0 Å². The summed E-state index contributed by atoms with van der Waals surface area (Å²) in [6.07, 6.45) is -4.86. The number of hydrogen-bond acceptors (Lipinski definition) is 2. The van der Waals surface area contributed by atoms with Crippen LogP contribution < -0.4 is 4.74 Å². The van der Waals surface area contributed by atoms with Crippen molar-refractivity contribution in [1.29, 1.82) is 0 Å². The Hall–Kier alpha value is -1.18. The number of alkyl halides is 6. The Morgan fingerprint density at radius 3 is 2.32 bits per heavy atom. The molecule has 106 valence electrons. The van der Waals surface area contributed by atoms with E-state index in [0.29, 0.717) is 6.07 Å². The van der Waals surface area contributed by atoms with Gasteiger partial charge < -0.3 is 4.74 Å². The van der Waals surface area contributed by atoms with Crippen molar-refractivity contribution >= 4 is 21.7 Å². The van der Waals surface area contributed by atoms with Crippen molar-refractivity contribution < 1.29 is 31.5 Å². The molecule has 1 atom stereocenters. The number of benzene rings is 1. The van der Waals surface area contributed by atoms with Crippen LogP contribution in [0.5, 0.6) is 5.75 Å². The number of ether oxygens (including phenoxy) is 1. The summed E-state index contributed by atoms with van der Waals surface area (Å²) in [7, 11) is 0. The van der Waals surface area contributed by atoms with Gasteiger partial charge in [-0.25, -0.2) is 0 Å². The summed E-state index contributed by atoms with van der Waals surface area (Å²) in [4.78, 5) is 10.2. The van der Waals surface area contributed by atoms with E-state index < -0.39 is 34.7 Å². The molecule has 0 fully saturated rings. The summed E-state index contributed by atoms with van der Waals surface area (Å²) in [5, 5.41) is 0. The molecule has 0 N–H and O–H groups in total. The van der Waals surface area contributed by atoms with Gasteiger partial charge in [-0.05, 0) is 24.6 Å². The van der Waals surface area contributed by atoms with Gasteiger partial charge in [-0.3, -0.25) is 4.79 Å². The Bertz CT molecular complexity index is 473. The Morgan fingerprint density at radius 1 is 1.32 bits per heavy atom. The molecule has 0 amide bonds. The first kappa shape index (κ1) is 15.9. The number of hydrogen-bond donors (Lipinski definition) is 0. The molecule has 0 bridgehead atoms. The minimum atomic E-state index is -4.86. The van der Waals surface area contributed by atoms with Crippen LogP contribution in [-0.4, -0.2) is 12.4 Å². The molecular formula is C11H8BrF5O2. The first-order valence-electron chi connectivity index (χ1n) is 4.93. The van der Waals surface area contributed by atoms with Gasteiger partial charge in [-0.2, -0.15) is 22.0 Å². The van der Waals surface area contributed by atoms with Gasteiger partial charge in [-0.15, -0.1) is 0 Å². The molecule has 1 rings (SSSR count). The zero-order valence-electron chi connectivity index (χ0n) is 9.47. The molecule has 1 aromatic rings. The van der Waals surface area contributed by atoms with E-state index in [9.17, 15) is 26.7 Å². The van der Waals surface area contributed by atoms with Crippen LogP contribution in [0.2, 0.25) is 0 Å². The van der Waals surface area contributed by atoms with E-state index in [1.54, 1.807) is 0 Å². The van der Waals surface area contributed by atoms with Crippen LogP contribution in [0.1, 0.15) is 22.9 Å². The number of halogens is 6. The molecule has 0 aliphatic rings. The minimum absolute atomic E-state index is 0.0152. The summed E-state index contributed by atoms with van der Waals surface area (Å²) in [5.74, 6) is -1.38. The van der Waals surface area contributed by atoms with E-state index in [1.807, 2.05) is 0 Å². The van der Waals surface area contributed by atoms with Crippen LogP contribution in [0.3, 0.4) is 0 Å². The average molecular weight is 347 g/mol. The van der Waals surface area contributed by atoms with Gasteiger partial charge in [0.05, 0.1) is 10.4 Å². The van der Waals surface area contributed by atoms with Crippen molar-refractivity contribution in [3.63, 3.8) is 0 Å². The highest BCUT2D eigenvalue weighted by molar-refractivity contribution is 9.09. The van der Waals surface area contributed by atoms with Crippen molar-refractivity contribution in [3.8, 4) is 5.75 Å². The van der Waals surface area contributed by atoms with E-state index in [2.05, 4.69) is 20.7 Å². The molecule has 0 radical (unpaired) electrons. The SMILES string of the molecule is CC(=O)C(Br)c1ccc(OC(F)F)c(C(F)(F)F)c1. The second-order valence-corrected chi connectivity index (χ2v) is 4.52. The average Bonchev–Trinajstić information content (AvgIpc) is 2.26. The standard InChI is InChI=1S/C11H8BrF5O2/c1-5(18)9(12)6-2-3-8(19-10(13)14)7(4-6)11(15,16)17/h2-4,9-10H,1H3. The van der Waals surface area contributed by atoms with Crippen molar-refractivity contribution in [2.75, 3.05) is 0 Å². The van der Waals surface area contributed by atoms with Gasteiger partial charge in [0.1, 0.15) is 11.5 Å². The highest BCUT2D eigenvalue weighted by Crippen LogP contribution is 2.39. The Labute approximate surface area is 113 Å². The van der Waals surface area contributed by atoms with Crippen LogP contribution in [0.4, 0.5) is 22.0 Å². The summed E-state index contributed by atoms with van der Waals surface area (Å²) >= 11 is 2.92. The summed E-state index contributed by atoms with van der Waals surface area (Å²) in [6, 6.07) is 2.49. The third kappa shape index (κ3) is 4.15. The number of carbonyl (C=O) groups excluding carboxylic acids is 1. The van der Waals surface area contributed by atoms with E-state index in [0.717, 1.165) is 12.1 Å². The monoisotopic (exact) mass is 346 g/mol. The Morgan fingerprint density at radius 2 is 1.89 bits per heavy atom. The van der Waals surface area contributed by atoms with Gasteiger partial charge >= 0.3 is 12.8 Å². The first-order valence-corrected chi connectivity index (χ1v) is 5.85. The Kier molecular flexibility index (Phi) is 4.89. The maximum atomic E-state index is 12.7. The molecule has 0 spiro atoms. The van der Waals surface area contributed by atoms with Crippen LogP contribution >= 0.6 is 15.9 Å². The molecule has 1 unspecified atom stereocenters. The van der Waals surface area contributed by atoms with Gasteiger partial charge in [-0.1, -0.05) is 22.0 Å². The smallest absolute Gasteiger partial charge is 0.419 e. The highest BCUT2D eigenvalue weighted by atomic mass is 79.9. The lowest BCUT2D eigenvalue weighted by Crippen LogP contribution is -2.13. The lowest BCUT2D eigenvalue weighted by Gasteiger charge is -2.16. The fourth-order valence-corrected chi connectivity index (χ4v) is 1.65. The molecule has 0 aromatic heterocycles. The quantitative estimate of drug-likeness (QED) is 0.599. The van der Waals surface area contributed by atoms with Gasteiger partial charge in [0.15, 0.2) is 0 Å². The van der Waals surface area contributed by atoms with Gasteiger partial charge in [0.25, 0.3) is 0 Å². The number of rotatable bonds is 4. The fourth-order valence-electron chi connectivity index (χ4n) is 1.36. The fraction of sp³-hybridized carbons (Fsp3) is 0.364. The van der Waals surface area contributed by atoms with Crippen molar-refractivity contribution in [2.45, 2.75) is 24.5 Å². The third-order valence-electron chi connectivity index (χ3n) is 2.17. The molecule has 0 heterocycles.